The third-order valence-electron chi connectivity index (χ3n) is 3.45. The minimum atomic E-state index is -0.462. The molecule has 0 saturated heterocycles. The molecule has 1 heterocycles. The van der Waals surface area contributed by atoms with E-state index in [9.17, 15) is 10.1 Å². The molecule has 0 bridgehead atoms. The molecule has 0 aliphatic rings. The van der Waals surface area contributed by atoms with Crippen LogP contribution in [0.1, 0.15) is 5.56 Å². The summed E-state index contributed by atoms with van der Waals surface area (Å²) < 4.78 is 0. The summed E-state index contributed by atoms with van der Waals surface area (Å²) >= 11 is 7.15. The Labute approximate surface area is 163 Å². The number of hydrogen-bond acceptors (Lipinski definition) is 6. The van der Waals surface area contributed by atoms with Crippen molar-refractivity contribution in [1.82, 2.24) is 10.3 Å². The Morgan fingerprint density at radius 2 is 1.96 bits per heavy atom. The molecule has 8 nitrogen and oxygen atoms in total. The van der Waals surface area contributed by atoms with Crippen LogP contribution in [0.3, 0.4) is 0 Å². The third kappa shape index (κ3) is 4.66. The van der Waals surface area contributed by atoms with E-state index in [4.69, 9.17) is 22.4 Å². The average Bonchev–Trinajstić information content (AvgIpc) is 3.10. The number of anilines is 1. The predicted octanol–water partition coefficient (Wildman–Crippen LogP) is 4.33. The lowest BCUT2D eigenvalue weighted by atomic mass is 10.1. The molecule has 3 aromatic rings. The fourth-order valence-electron chi connectivity index (χ4n) is 2.22. The Bertz CT molecular complexity index is 1040. The minimum absolute atomic E-state index is 0.0145. The molecule has 0 radical (unpaired) electrons. The number of thiazole rings is 1. The number of hydrogen-bond donors (Lipinski definition) is 4. The summed E-state index contributed by atoms with van der Waals surface area (Å²) in [5.74, 6) is -0.106. The van der Waals surface area contributed by atoms with Crippen LogP contribution in [-0.2, 0) is 0 Å². The van der Waals surface area contributed by atoms with E-state index in [1.807, 2.05) is 0 Å². The summed E-state index contributed by atoms with van der Waals surface area (Å²) in [7, 11) is 0. The second-order valence-electron chi connectivity index (χ2n) is 5.36. The fourth-order valence-corrected chi connectivity index (χ4v) is 3.14. The number of nitrogens with zero attached hydrogens (tertiary/aromatic N) is 2. The van der Waals surface area contributed by atoms with Gasteiger partial charge in [-0.25, -0.2) is 4.98 Å². The number of aromatic nitrogens is 1. The topological polar surface area (TPSA) is 128 Å². The van der Waals surface area contributed by atoms with Gasteiger partial charge in [0.1, 0.15) is 5.84 Å². The molecule has 1 aromatic heterocycles. The van der Waals surface area contributed by atoms with E-state index in [1.165, 1.54) is 23.5 Å². The highest BCUT2D eigenvalue weighted by atomic mass is 35.5. The molecule has 136 valence electrons. The van der Waals surface area contributed by atoms with Crippen molar-refractivity contribution in [3.63, 3.8) is 0 Å². The van der Waals surface area contributed by atoms with Crippen LogP contribution in [0, 0.1) is 20.9 Å². The largest absolute Gasteiger partial charge is 0.311 e. The van der Waals surface area contributed by atoms with Crippen LogP contribution in [0.25, 0.3) is 11.3 Å². The molecule has 0 spiro atoms. The highest BCUT2D eigenvalue weighted by molar-refractivity contribution is 7.14. The Balaban J connectivity index is 1.67. The lowest BCUT2D eigenvalue weighted by molar-refractivity contribution is -0.384. The highest BCUT2D eigenvalue weighted by Gasteiger charge is 2.11. The van der Waals surface area contributed by atoms with Crippen LogP contribution < -0.4 is 10.6 Å². The summed E-state index contributed by atoms with van der Waals surface area (Å²) in [6, 6.07) is 12.9. The normalized spacial score (nSPS) is 10.3. The van der Waals surface area contributed by atoms with Gasteiger partial charge in [0.25, 0.3) is 5.69 Å². The molecule has 0 fully saturated rings. The smallest absolute Gasteiger partial charge is 0.270 e. The number of benzene rings is 2. The number of nitro benzene ring substituents is 1. The quantitative estimate of drug-likeness (QED) is 0.224. The van der Waals surface area contributed by atoms with Crippen molar-refractivity contribution >= 4 is 45.6 Å². The lowest BCUT2D eigenvalue weighted by Gasteiger charge is -2.09. The summed E-state index contributed by atoms with van der Waals surface area (Å²) in [5, 5.41) is 34.9. The summed E-state index contributed by atoms with van der Waals surface area (Å²) in [4.78, 5) is 14.8. The Kier molecular flexibility index (Phi) is 5.43. The van der Waals surface area contributed by atoms with Crippen LogP contribution in [0.4, 0.5) is 10.8 Å². The first-order valence-electron chi connectivity index (χ1n) is 7.60. The van der Waals surface area contributed by atoms with E-state index >= 15 is 0 Å². The van der Waals surface area contributed by atoms with Gasteiger partial charge >= 0.3 is 0 Å². The van der Waals surface area contributed by atoms with Crippen molar-refractivity contribution in [2.45, 2.75) is 0 Å². The van der Waals surface area contributed by atoms with Crippen molar-refractivity contribution < 1.29 is 4.92 Å². The lowest BCUT2D eigenvalue weighted by Crippen LogP contribution is -2.35. The summed E-state index contributed by atoms with van der Waals surface area (Å²) in [5.41, 5.74) is 1.70. The molecule has 27 heavy (non-hydrogen) atoms. The number of guanidine groups is 1. The maximum Gasteiger partial charge on any atom is 0.270 e. The van der Waals surface area contributed by atoms with Crippen molar-refractivity contribution in [1.29, 1.82) is 10.8 Å². The Morgan fingerprint density at radius 3 is 2.70 bits per heavy atom. The van der Waals surface area contributed by atoms with Gasteiger partial charge in [-0.1, -0.05) is 35.9 Å². The van der Waals surface area contributed by atoms with Crippen LogP contribution in [0.15, 0.2) is 53.9 Å². The van der Waals surface area contributed by atoms with Gasteiger partial charge < -0.3 is 10.6 Å². The molecular formula is C17H13ClN6O2S. The van der Waals surface area contributed by atoms with Crippen molar-refractivity contribution in [3.8, 4) is 11.3 Å². The van der Waals surface area contributed by atoms with Gasteiger partial charge in [0.15, 0.2) is 11.1 Å². The van der Waals surface area contributed by atoms with Gasteiger partial charge in [-0.3, -0.25) is 20.9 Å². The Hall–Kier alpha value is -3.30. The van der Waals surface area contributed by atoms with E-state index in [-0.39, 0.29) is 17.5 Å². The standard InChI is InChI=1S/C17H13ClN6O2S/c18-12-5-1-4-11(7-12)15(19)22-16(20)23-17-21-14(9-27-17)10-3-2-6-13(8-10)24(25)26/h1-9H,(H4,19,20,21,22,23). The molecule has 0 saturated carbocycles. The monoisotopic (exact) mass is 400 g/mol. The second-order valence-corrected chi connectivity index (χ2v) is 6.65. The van der Waals surface area contributed by atoms with Crippen LogP contribution in [0.2, 0.25) is 5.02 Å². The number of amidine groups is 1. The predicted molar refractivity (Wildman–Crippen MR) is 107 cm³/mol. The number of nitro groups is 1. The minimum Gasteiger partial charge on any atom is -0.311 e. The maximum absolute atomic E-state index is 10.9. The molecule has 2 aromatic carbocycles. The highest BCUT2D eigenvalue weighted by Crippen LogP contribution is 2.27. The molecule has 0 aliphatic carbocycles. The number of halogens is 1. The van der Waals surface area contributed by atoms with Crippen LogP contribution >= 0.6 is 22.9 Å². The van der Waals surface area contributed by atoms with Gasteiger partial charge in [0.2, 0.25) is 0 Å². The molecule has 4 N–H and O–H groups in total. The summed E-state index contributed by atoms with van der Waals surface area (Å²) in [6.07, 6.45) is 0. The first-order valence-corrected chi connectivity index (χ1v) is 8.85. The molecule has 0 unspecified atom stereocenters. The van der Waals surface area contributed by atoms with Gasteiger partial charge in [-0.2, -0.15) is 0 Å². The van der Waals surface area contributed by atoms with Gasteiger partial charge in [0, 0.05) is 33.7 Å². The maximum atomic E-state index is 10.9. The molecule has 3 rings (SSSR count). The molecular weight excluding hydrogens is 388 g/mol. The third-order valence-corrected chi connectivity index (χ3v) is 4.44. The molecule has 0 amide bonds. The summed E-state index contributed by atoms with van der Waals surface area (Å²) in [6.45, 7) is 0. The van der Waals surface area contributed by atoms with E-state index in [0.717, 1.165) is 0 Å². The SMILES string of the molecule is N=C(NC(=N)c1cccc(Cl)c1)Nc1nc(-c2cccc([N+](=O)[O-])c2)cs1. The zero-order valence-corrected chi connectivity index (χ0v) is 15.3. The average molecular weight is 401 g/mol. The van der Waals surface area contributed by atoms with Crippen molar-refractivity contribution in [2.24, 2.45) is 0 Å². The van der Waals surface area contributed by atoms with Crippen LogP contribution in [-0.4, -0.2) is 21.7 Å². The zero-order chi connectivity index (χ0) is 19.4. The first-order chi connectivity index (χ1) is 12.9. The van der Waals surface area contributed by atoms with Crippen molar-refractivity contribution in [2.75, 3.05) is 5.32 Å². The number of rotatable bonds is 4. The number of nitrogens with one attached hydrogen (secondary N) is 4. The van der Waals surface area contributed by atoms with E-state index in [0.29, 0.717) is 27.0 Å². The van der Waals surface area contributed by atoms with E-state index in [1.54, 1.807) is 41.8 Å². The van der Waals surface area contributed by atoms with Gasteiger partial charge in [-0.05, 0) is 12.1 Å². The zero-order valence-electron chi connectivity index (χ0n) is 13.7. The van der Waals surface area contributed by atoms with Crippen molar-refractivity contribution in [3.05, 3.63) is 74.6 Å². The van der Waals surface area contributed by atoms with E-state index in [2.05, 4.69) is 15.6 Å². The number of non-ortho nitro benzene ring substituents is 1. The fraction of sp³-hybridized carbons (Fsp3) is 0. The van der Waals surface area contributed by atoms with Gasteiger partial charge in [0.05, 0.1) is 10.6 Å². The van der Waals surface area contributed by atoms with Gasteiger partial charge in [-0.15, -0.1) is 11.3 Å². The molecule has 0 aliphatic heterocycles. The van der Waals surface area contributed by atoms with Crippen LogP contribution in [0.5, 0.6) is 0 Å². The van der Waals surface area contributed by atoms with E-state index < -0.39 is 4.92 Å². The Morgan fingerprint density at radius 1 is 1.19 bits per heavy atom. The molecule has 0 atom stereocenters. The molecule has 10 heteroatoms. The first kappa shape index (κ1) is 18.5. The second kappa shape index (κ2) is 7.94.